The highest BCUT2D eigenvalue weighted by Gasteiger charge is 2.52. The molecular formula is C39H24N4S2Si. The SMILES string of the molecule is c1cc(-c2nc3ccccc3s2)cc([Si]2(c3cccc(-c4nc5ccccc5s4)c3)c3ccccc3-n3c2nc2ccccc23)c1. The fourth-order valence-corrected chi connectivity index (χ4v) is 14.0. The molecule has 0 aliphatic carbocycles. The van der Waals surface area contributed by atoms with Gasteiger partial charge in [0.25, 0.3) is 0 Å². The number of nitrogens with zero attached hydrogens (tertiary/aromatic N) is 4. The Kier molecular flexibility index (Phi) is 5.60. The van der Waals surface area contributed by atoms with Gasteiger partial charge in [-0.2, -0.15) is 0 Å². The molecule has 6 aromatic carbocycles. The molecule has 1 aliphatic heterocycles. The summed E-state index contributed by atoms with van der Waals surface area (Å²) in [5.41, 5.74) is 8.87. The number of rotatable bonds is 4. The second kappa shape index (κ2) is 9.89. The maximum Gasteiger partial charge on any atom is 0.226 e. The minimum atomic E-state index is -2.91. The molecule has 0 amide bonds. The van der Waals surface area contributed by atoms with E-state index in [1.165, 1.54) is 30.6 Å². The lowest BCUT2D eigenvalue weighted by Crippen LogP contribution is -2.73. The van der Waals surface area contributed by atoms with Crippen LogP contribution in [-0.2, 0) is 0 Å². The van der Waals surface area contributed by atoms with E-state index in [-0.39, 0.29) is 0 Å². The molecule has 7 heteroatoms. The van der Waals surface area contributed by atoms with Crippen LogP contribution in [0, 0.1) is 0 Å². The Morgan fingerprint density at radius 2 is 1.02 bits per heavy atom. The highest BCUT2D eigenvalue weighted by molar-refractivity contribution is 7.22. The van der Waals surface area contributed by atoms with Gasteiger partial charge in [-0.3, -0.25) is 4.57 Å². The Bertz CT molecular complexity index is 2450. The summed E-state index contributed by atoms with van der Waals surface area (Å²) in [6, 6.07) is 52.5. The van der Waals surface area contributed by atoms with Crippen molar-refractivity contribution in [1.82, 2.24) is 19.5 Å². The van der Waals surface area contributed by atoms with Crippen LogP contribution in [-0.4, -0.2) is 27.6 Å². The summed E-state index contributed by atoms with van der Waals surface area (Å²) < 4.78 is 4.82. The van der Waals surface area contributed by atoms with Crippen molar-refractivity contribution in [1.29, 1.82) is 0 Å². The first kappa shape index (κ1) is 26.0. The molecule has 0 spiro atoms. The normalized spacial score (nSPS) is 13.4. The molecule has 0 fully saturated rings. The third-order valence-corrected chi connectivity index (χ3v) is 15.9. The van der Waals surface area contributed by atoms with Crippen LogP contribution in [0.25, 0.3) is 58.3 Å². The van der Waals surface area contributed by atoms with Crippen LogP contribution in [0.4, 0.5) is 0 Å². The van der Waals surface area contributed by atoms with Crippen LogP contribution in [0.2, 0.25) is 0 Å². The van der Waals surface area contributed by atoms with Crippen molar-refractivity contribution in [2.75, 3.05) is 0 Å². The molecule has 46 heavy (non-hydrogen) atoms. The number of imidazole rings is 1. The van der Waals surface area contributed by atoms with Crippen LogP contribution in [0.5, 0.6) is 0 Å². The molecular weight excluding hydrogens is 617 g/mol. The smallest absolute Gasteiger partial charge is 0.226 e. The van der Waals surface area contributed by atoms with E-state index in [1.807, 2.05) is 0 Å². The number of hydrogen-bond donors (Lipinski definition) is 0. The minimum absolute atomic E-state index is 1.02. The van der Waals surface area contributed by atoms with Gasteiger partial charge in [0.05, 0.1) is 31.5 Å². The zero-order chi connectivity index (χ0) is 30.2. The molecule has 3 aromatic heterocycles. The van der Waals surface area contributed by atoms with E-state index < -0.39 is 8.07 Å². The topological polar surface area (TPSA) is 43.6 Å². The number of thiazole rings is 2. The van der Waals surface area contributed by atoms with Gasteiger partial charge in [-0.15, -0.1) is 22.7 Å². The summed E-state index contributed by atoms with van der Waals surface area (Å²) in [4.78, 5) is 15.6. The van der Waals surface area contributed by atoms with Gasteiger partial charge in [-0.05, 0) is 58.0 Å². The monoisotopic (exact) mass is 640 g/mol. The summed E-state index contributed by atoms with van der Waals surface area (Å²) in [5, 5.41) is 6.02. The molecule has 0 saturated carbocycles. The van der Waals surface area contributed by atoms with E-state index in [1.54, 1.807) is 22.7 Å². The second-order valence-electron chi connectivity index (χ2n) is 11.7. The quantitative estimate of drug-likeness (QED) is 0.190. The largest absolute Gasteiger partial charge is 0.299 e. The number of aromatic nitrogens is 4. The Hall–Kier alpha value is -5.21. The van der Waals surface area contributed by atoms with E-state index in [9.17, 15) is 0 Å². The number of benzene rings is 6. The number of fused-ring (bicyclic) bond motifs is 7. The Balaban J connectivity index is 1.28. The lowest BCUT2D eigenvalue weighted by Gasteiger charge is -2.29. The van der Waals surface area contributed by atoms with Crippen molar-refractivity contribution in [2.45, 2.75) is 0 Å². The van der Waals surface area contributed by atoms with Crippen LogP contribution in [0.3, 0.4) is 0 Å². The summed E-state index contributed by atoms with van der Waals surface area (Å²) >= 11 is 3.50. The maximum absolute atomic E-state index is 5.49. The molecule has 4 nitrogen and oxygen atoms in total. The number of para-hydroxylation sites is 5. The van der Waals surface area contributed by atoms with E-state index in [4.69, 9.17) is 15.0 Å². The first-order valence-electron chi connectivity index (χ1n) is 15.3. The summed E-state index contributed by atoms with van der Waals surface area (Å²) in [6.45, 7) is 0. The lowest BCUT2D eigenvalue weighted by molar-refractivity contribution is 1.17. The molecule has 10 rings (SSSR count). The van der Waals surface area contributed by atoms with E-state index in [0.29, 0.717) is 0 Å². The third kappa shape index (κ3) is 3.67. The first-order chi connectivity index (χ1) is 22.8. The molecule has 1 aliphatic rings. The van der Waals surface area contributed by atoms with Gasteiger partial charge in [0.1, 0.15) is 15.5 Å². The highest BCUT2D eigenvalue weighted by Crippen LogP contribution is 2.33. The van der Waals surface area contributed by atoms with Crippen molar-refractivity contribution in [3.05, 3.63) is 146 Å². The minimum Gasteiger partial charge on any atom is -0.299 e. The molecule has 4 heterocycles. The van der Waals surface area contributed by atoms with E-state index >= 15 is 0 Å². The fraction of sp³-hybridized carbons (Fsp3) is 0. The highest BCUT2D eigenvalue weighted by atomic mass is 32.1. The standard InChI is InChI=1S/C39H24N4S2Si/c1-4-18-32-29(15-1)42-39-43(32)33-19-5-8-22-36(33)46(39,27-13-9-11-25(23-27)37-40-30-16-2-6-20-34(30)44-37)28-14-10-12-26(24-28)38-41-31-17-3-7-21-35(31)45-38/h1-24H. The van der Waals surface area contributed by atoms with Crippen molar-refractivity contribution in [3.63, 3.8) is 0 Å². The van der Waals surface area contributed by atoms with Gasteiger partial charge in [0, 0.05) is 16.8 Å². The van der Waals surface area contributed by atoms with Gasteiger partial charge in [0.15, 0.2) is 0 Å². The van der Waals surface area contributed by atoms with Gasteiger partial charge < -0.3 is 0 Å². The summed E-state index contributed by atoms with van der Waals surface area (Å²) in [7, 11) is -2.91. The van der Waals surface area contributed by atoms with Crippen LogP contribution in [0.15, 0.2) is 146 Å². The summed E-state index contributed by atoms with van der Waals surface area (Å²) in [5.74, 6) is 0. The molecule has 0 N–H and O–H groups in total. The van der Waals surface area contributed by atoms with E-state index in [2.05, 4.69) is 150 Å². The van der Waals surface area contributed by atoms with Gasteiger partial charge in [-0.1, -0.05) is 103 Å². The zero-order valence-corrected chi connectivity index (χ0v) is 27.1. The zero-order valence-electron chi connectivity index (χ0n) is 24.5. The molecule has 0 saturated heterocycles. The number of hydrogen-bond acceptors (Lipinski definition) is 5. The van der Waals surface area contributed by atoms with Crippen molar-refractivity contribution < 1.29 is 0 Å². The van der Waals surface area contributed by atoms with Crippen LogP contribution in [0.1, 0.15) is 0 Å². The third-order valence-electron chi connectivity index (χ3n) is 9.12. The molecule has 9 aromatic rings. The van der Waals surface area contributed by atoms with E-state index in [0.717, 1.165) is 48.7 Å². The molecule has 0 atom stereocenters. The van der Waals surface area contributed by atoms with Gasteiger partial charge in [0.2, 0.25) is 8.07 Å². The Morgan fingerprint density at radius 1 is 0.478 bits per heavy atom. The molecule has 0 unspecified atom stereocenters. The predicted molar refractivity (Wildman–Crippen MR) is 195 cm³/mol. The maximum atomic E-state index is 5.49. The Labute approximate surface area is 273 Å². The lowest BCUT2D eigenvalue weighted by atomic mass is 10.2. The average molecular weight is 641 g/mol. The fourth-order valence-electron chi connectivity index (χ4n) is 7.13. The molecule has 216 valence electrons. The van der Waals surface area contributed by atoms with Crippen LogP contribution < -0.4 is 21.0 Å². The second-order valence-corrected chi connectivity index (χ2v) is 17.4. The molecule has 0 bridgehead atoms. The molecule has 0 radical (unpaired) electrons. The van der Waals surface area contributed by atoms with Crippen molar-refractivity contribution in [2.24, 2.45) is 0 Å². The van der Waals surface area contributed by atoms with Crippen molar-refractivity contribution in [3.8, 4) is 26.8 Å². The van der Waals surface area contributed by atoms with Crippen molar-refractivity contribution >= 4 is 83.2 Å². The average Bonchev–Trinajstić information content (AvgIpc) is 3.89. The van der Waals surface area contributed by atoms with Gasteiger partial charge in [-0.25, -0.2) is 15.0 Å². The summed E-state index contributed by atoms with van der Waals surface area (Å²) in [6.07, 6.45) is 0. The Morgan fingerprint density at radius 3 is 1.65 bits per heavy atom. The van der Waals surface area contributed by atoms with Gasteiger partial charge >= 0.3 is 0 Å². The predicted octanol–water partition coefficient (Wildman–Crippen LogP) is 7.27. The van der Waals surface area contributed by atoms with Crippen LogP contribution >= 0.6 is 22.7 Å². The first-order valence-corrected chi connectivity index (χ1v) is 18.9.